The number of likely N-dealkylation sites (N-methyl/N-ethyl adjacent to an activating group) is 1. The van der Waals surface area contributed by atoms with Crippen molar-refractivity contribution in [2.24, 2.45) is 0 Å². The third-order valence-corrected chi connectivity index (χ3v) is 4.65. The van der Waals surface area contributed by atoms with Gasteiger partial charge in [0.1, 0.15) is 5.76 Å². The maximum Gasteiger partial charge on any atom is 0.317 e. The van der Waals surface area contributed by atoms with Gasteiger partial charge in [0.05, 0.1) is 26.0 Å². The third-order valence-electron chi connectivity index (χ3n) is 4.65. The molecular weight excluding hydrogens is 324 g/mol. The van der Waals surface area contributed by atoms with Crippen LogP contribution in [0.3, 0.4) is 0 Å². The third kappa shape index (κ3) is 4.73. The van der Waals surface area contributed by atoms with Gasteiger partial charge in [-0.3, -0.25) is 4.79 Å². The van der Waals surface area contributed by atoms with Crippen LogP contribution in [0.1, 0.15) is 12.2 Å². The molecule has 2 saturated heterocycles. The summed E-state index contributed by atoms with van der Waals surface area (Å²) in [4.78, 5) is 30.8. The molecule has 3 amide bonds. The molecule has 1 unspecified atom stereocenters. The number of hydrogen-bond acceptors (Lipinski definition) is 5. The minimum atomic E-state index is -0.577. The lowest BCUT2D eigenvalue weighted by Crippen LogP contribution is -2.54. The Labute approximate surface area is 147 Å². The van der Waals surface area contributed by atoms with Crippen molar-refractivity contribution in [3.8, 4) is 0 Å². The van der Waals surface area contributed by atoms with Crippen LogP contribution in [0.5, 0.6) is 0 Å². The molecule has 8 nitrogen and oxygen atoms in total. The summed E-state index contributed by atoms with van der Waals surface area (Å²) in [6, 6.07) is 3.39. The summed E-state index contributed by atoms with van der Waals surface area (Å²) in [5, 5.41) is 2.82. The predicted molar refractivity (Wildman–Crippen MR) is 91.0 cm³/mol. The van der Waals surface area contributed by atoms with E-state index in [0.29, 0.717) is 32.0 Å². The number of rotatable bonds is 3. The van der Waals surface area contributed by atoms with E-state index in [0.717, 1.165) is 26.1 Å². The lowest BCUT2D eigenvalue weighted by molar-refractivity contribution is -0.147. The standard InChI is InChI=1S/C17H26N4O4/c1-19-5-3-6-20(8-7-19)16(22)15-13-21(9-11-25-15)17(23)18-12-14-4-2-10-24-14/h2,4,10,15H,3,5-9,11-13H2,1H3,(H,18,23). The van der Waals surface area contributed by atoms with Crippen molar-refractivity contribution in [3.63, 3.8) is 0 Å². The molecule has 0 saturated carbocycles. The average molecular weight is 350 g/mol. The molecule has 2 aliphatic heterocycles. The van der Waals surface area contributed by atoms with Crippen LogP contribution in [-0.2, 0) is 16.1 Å². The maximum absolute atomic E-state index is 12.7. The number of ether oxygens (including phenoxy) is 1. The average Bonchev–Trinajstić information content (AvgIpc) is 3.06. The van der Waals surface area contributed by atoms with Gasteiger partial charge in [-0.1, -0.05) is 0 Å². The van der Waals surface area contributed by atoms with E-state index in [1.807, 2.05) is 11.0 Å². The Morgan fingerprint density at radius 2 is 2.08 bits per heavy atom. The van der Waals surface area contributed by atoms with Gasteiger partial charge in [0, 0.05) is 26.2 Å². The predicted octanol–water partition coefficient (Wildman–Crippen LogP) is 0.354. The lowest BCUT2D eigenvalue weighted by Gasteiger charge is -2.34. The minimum absolute atomic E-state index is 0.0150. The van der Waals surface area contributed by atoms with E-state index >= 15 is 0 Å². The first-order chi connectivity index (χ1) is 12.1. The largest absolute Gasteiger partial charge is 0.467 e. The van der Waals surface area contributed by atoms with Crippen LogP contribution in [0.25, 0.3) is 0 Å². The van der Waals surface area contributed by atoms with Crippen molar-refractivity contribution in [2.75, 3.05) is 52.9 Å². The Kier molecular flexibility index (Phi) is 5.93. The lowest BCUT2D eigenvalue weighted by atomic mass is 10.2. The molecule has 0 bridgehead atoms. The molecule has 1 atom stereocenters. The number of amides is 3. The van der Waals surface area contributed by atoms with Crippen LogP contribution >= 0.6 is 0 Å². The molecule has 1 aromatic rings. The first-order valence-electron chi connectivity index (χ1n) is 8.77. The zero-order valence-electron chi connectivity index (χ0n) is 14.6. The zero-order chi connectivity index (χ0) is 17.6. The van der Waals surface area contributed by atoms with Crippen LogP contribution in [0.15, 0.2) is 22.8 Å². The second-order valence-electron chi connectivity index (χ2n) is 6.53. The summed E-state index contributed by atoms with van der Waals surface area (Å²) in [7, 11) is 2.07. The Morgan fingerprint density at radius 3 is 2.88 bits per heavy atom. The smallest absolute Gasteiger partial charge is 0.317 e. The molecule has 1 aromatic heterocycles. The molecule has 3 rings (SSSR count). The van der Waals surface area contributed by atoms with Crippen LogP contribution in [0, 0.1) is 0 Å². The summed E-state index contributed by atoms with van der Waals surface area (Å²) in [5.41, 5.74) is 0. The molecule has 0 aromatic carbocycles. The Balaban J connectivity index is 1.51. The number of nitrogens with zero attached hydrogens (tertiary/aromatic N) is 3. The van der Waals surface area contributed by atoms with Gasteiger partial charge in [0.25, 0.3) is 5.91 Å². The molecule has 0 spiro atoms. The molecule has 2 fully saturated rings. The number of morpholine rings is 1. The molecular formula is C17H26N4O4. The van der Waals surface area contributed by atoms with Crippen molar-refractivity contribution < 1.29 is 18.7 Å². The first-order valence-corrected chi connectivity index (χ1v) is 8.77. The Hall–Kier alpha value is -2.06. The van der Waals surface area contributed by atoms with Gasteiger partial charge >= 0.3 is 6.03 Å². The number of urea groups is 1. The normalized spacial score (nSPS) is 22.5. The molecule has 0 aliphatic carbocycles. The van der Waals surface area contributed by atoms with Crippen molar-refractivity contribution in [1.29, 1.82) is 0 Å². The Bertz CT molecular complexity index is 577. The quantitative estimate of drug-likeness (QED) is 0.851. The van der Waals surface area contributed by atoms with Crippen LogP contribution < -0.4 is 5.32 Å². The summed E-state index contributed by atoms with van der Waals surface area (Å²) in [6.45, 7) is 4.79. The fraction of sp³-hybridized carbons (Fsp3) is 0.647. The molecule has 0 radical (unpaired) electrons. The highest BCUT2D eigenvalue weighted by atomic mass is 16.5. The van der Waals surface area contributed by atoms with E-state index in [9.17, 15) is 9.59 Å². The summed E-state index contributed by atoms with van der Waals surface area (Å²) < 4.78 is 10.9. The molecule has 2 aliphatic rings. The van der Waals surface area contributed by atoms with E-state index in [-0.39, 0.29) is 18.5 Å². The van der Waals surface area contributed by atoms with Gasteiger partial charge in [-0.2, -0.15) is 0 Å². The second kappa shape index (κ2) is 8.35. The van der Waals surface area contributed by atoms with Gasteiger partial charge in [-0.15, -0.1) is 0 Å². The fourth-order valence-electron chi connectivity index (χ4n) is 3.14. The second-order valence-corrected chi connectivity index (χ2v) is 6.53. The van der Waals surface area contributed by atoms with E-state index in [1.54, 1.807) is 17.2 Å². The minimum Gasteiger partial charge on any atom is -0.467 e. The molecule has 3 heterocycles. The van der Waals surface area contributed by atoms with Gasteiger partial charge in [0.15, 0.2) is 6.10 Å². The van der Waals surface area contributed by atoms with Crippen LogP contribution in [-0.4, -0.2) is 85.7 Å². The number of carbonyl (C=O) groups is 2. The molecule has 8 heteroatoms. The molecule has 138 valence electrons. The number of hydrogen-bond donors (Lipinski definition) is 1. The SMILES string of the molecule is CN1CCCN(C(=O)C2CN(C(=O)NCc3ccco3)CCO2)CC1. The summed E-state index contributed by atoms with van der Waals surface area (Å²) in [5.74, 6) is 0.682. The van der Waals surface area contributed by atoms with E-state index in [2.05, 4.69) is 17.3 Å². The first kappa shape index (κ1) is 17.8. The van der Waals surface area contributed by atoms with Gasteiger partial charge in [-0.25, -0.2) is 4.79 Å². The van der Waals surface area contributed by atoms with Crippen LogP contribution in [0.2, 0.25) is 0 Å². The molecule has 1 N–H and O–H groups in total. The number of furan rings is 1. The monoisotopic (exact) mass is 350 g/mol. The highest BCUT2D eigenvalue weighted by Gasteiger charge is 2.32. The topological polar surface area (TPSA) is 78.3 Å². The maximum atomic E-state index is 12.7. The van der Waals surface area contributed by atoms with E-state index in [1.165, 1.54) is 0 Å². The van der Waals surface area contributed by atoms with Gasteiger partial charge in [0.2, 0.25) is 0 Å². The van der Waals surface area contributed by atoms with E-state index in [4.69, 9.17) is 9.15 Å². The molecule has 25 heavy (non-hydrogen) atoms. The number of nitrogens with one attached hydrogen (secondary N) is 1. The number of carbonyl (C=O) groups excluding carboxylic acids is 2. The Morgan fingerprint density at radius 1 is 1.20 bits per heavy atom. The fourth-order valence-corrected chi connectivity index (χ4v) is 3.14. The van der Waals surface area contributed by atoms with E-state index < -0.39 is 6.10 Å². The van der Waals surface area contributed by atoms with Crippen molar-refractivity contribution in [1.82, 2.24) is 20.0 Å². The van der Waals surface area contributed by atoms with Gasteiger partial charge < -0.3 is 29.2 Å². The summed E-state index contributed by atoms with van der Waals surface area (Å²) in [6.07, 6.45) is 1.96. The van der Waals surface area contributed by atoms with Crippen molar-refractivity contribution >= 4 is 11.9 Å². The van der Waals surface area contributed by atoms with Crippen molar-refractivity contribution in [3.05, 3.63) is 24.2 Å². The van der Waals surface area contributed by atoms with Crippen LogP contribution in [0.4, 0.5) is 4.79 Å². The van der Waals surface area contributed by atoms with Gasteiger partial charge in [-0.05, 0) is 32.1 Å². The highest BCUT2D eigenvalue weighted by molar-refractivity contribution is 5.82. The summed E-state index contributed by atoms with van der Waals surface area (Å²) >= 11 is 0. The van der Waals surface area contributed by atoms with Crippen molar-refractivity contribution in [2.45, 2.75) is 19.1 Å². The highest BCUT2D eigenvalue weighted by Crippen LogP contribution is 2.11. The zero-order valence-corrected chi connectivity index (χ0v) is 14.6.